The van der Waals surface area contributed by atoms with Crippen LogP contribution in [0.2, 0.25) is 0 Å². The van der Waals surface area contributed by atoms with Gasteiger partial charge < -0.3 is 5.73 Å². The highest BCUT2D eigenvalue weighted by atomic mass is 32.2. The lowest BCUT2D eigenvalue weighted by Crippen LogP contribution is -2.11. The van der Waals surface area contributed by atoms with Crippen LogP contribution in [0.4, 0.5) is 0 Å². The van der Waals surface area contributed by atoms with Gasteiger partial charge in [0.1, 0.15) is 0 Å². The zero-order chi connectivity index (χ0) is 9.61. The molecule has 0 saturated heterocycles. The van der Waals surface area contributed by atoms with Gasteiger partial charge in [0.05, 0.1) is 4.90 Å². The second-order valence-corrected chi connectivity index (χ2v) is 3.42. The van der Waals surface area contributed by atoms with Crippen molar-refractivity contribution in [3.8, 4) is 0 Å². The molecule has 0 amide bonds. The third kappa shape index (κ3) is 3.47. The van der Waals surface area contributed by atoms with Crippen LogP contribution in [0.1, 0.15) is 0 Å². The summed E-state index contributed by atoms with van der Waals surface area (Å²) in [6.45, 7) is 0. The van der Waals surface area contributed by atoms with Gasteiger partial charge in [0, 0.05) is 0 Å². The fourth-order valence-corrected chi connectivity index (χ4v) is 1.15. The monoisotopic (exact) mass is 188 g/mol. The van der Waals surface area contributed by atoms with Crippen LogP contribution in [-0.2, 0) is 10.0 Å². The summed E-state index contributed by atoms with van der Waals surface area (Å²) in [6, 6.07) is 7.89. The second-order valence-electron chi connectivity index (χ2n) is 1.86. The maximum absolute atomic E-state index is 10.6. The minimum Gasteiger partial charge on any atom is -0.333 e. The minimum atomic E-state index is -3.50. The molecule has 0 unspecified atom stereocenters. The Labute approximate surface area is 72.2 Å². The highest BCUT2D eigenvalue weighted by Gasteiger charge is 2.03. The zero-order valence-electron chi connectivity index (χ0n) is 6.77. The molecule has 1 rings (SSSR count). The summed E-state index contributed by atoms with van der Waals surface area (Å²) in [5, 5.41) is 4.83. The first-order valence-electron chi connectivity index (χ1n) is 3.26. The molecule has 4 N–H and O–H groups in total. The number of sulfonamides is 1. The van der Waals surface area contributed by atoms with E-state index in [2.05, 4.69) is 5.73 Å². The number of nitrogens with two attached hydrogens (primary N) is 2. The SMILES string of the molecule is CN.NS(=O)(=O)c1ccccc1. The van der Waals surface area contributed by atoms with Crippen LogP contribution >= 0.6 is 0 Å². The van der Waals surface area contributed by atoms with Crippen molar-refractivity contribution >= 4 is 10.0 Å². The Balaban J connectivity index is 0.000000561. The van der Waals surface area contributed by atoms with Crippen LogP contribution in [0.3, 0.4) is 0 Å². The standard InChI is InChI=1S/C6H7NO2S.CH5N/c7-10(8,9)6-4-2-1-3-5-6;1-2/h1-5H,(H2,7,8,9);2H2,1H3. The van der Waals surface area contributed by atoms with Crippen molar-refractivity contribution in [1.29, 1.82) is 0 Å². The molecule has 4 nitrogen and oxygen atoms in total. The summed E-state index contributed by atoms with van der Waals surface area (Å²) in [4.78, 5) is 0.148. The highest BCUT2D eigenvalue weighted by Crippen LogP contribution is 2.02. The average molecular weight is 188 g/mol. The van der Waals surface area contributed by atoms with Crippen LogP contribution in [-0.4, -0.2) is 15.5 Å². The van der Waals surface area contributed by atoms with Gasteiger partial charge in [0.25, 0.3) is 0 Å². The molecule has 12 heavy (non-hydrogen) atoms. The van der Waals surface area contributed by atoms with E-state index in [9.17, 15) is 8.42 Å². The van der Waals surface area contributed by atoms with Crippen LogP contribution in [0.5, 0.6) is 0 Å². The summed E-state index contributed by atoms with van der Waals surface area (Å²) in [5.41, 5.74) is 4.50. The lowest BCUT2D eigenvalue weighted by Gasteiger charge is -1.93. The Morgan fingerprint density at radius 2 is 1.50 bits per heavy atom. The molecule has 0 bridgehead atoms. The molecule has 1 aromatic rings. The van der Waals surface area contributed by atoms with Crippen molar-refractivity contribution in [2.45, 2.75) is 4.90 Å². The van der Waals surface area contributed by atoms with Gasteiger partial charge >= 0.3 is 0 Å². The van der Waals surface area contributed by atoms with Gasteiger partial charge in [0.2, 0.25) is 10.0 Å². The molecule has 0 saturated carbocycles. The summed E-state index contributed by atoms with van der Waals surface area (Å²) >= 11 is 0. The molecule has 68 valence electrons. The fourth-order valence-electron chi connectivity index (χ4n) is 0.610. The predicted octanol–water partition coefficient (Wildman–Crippen LogP) is -0.0911. The number of hydrogen-bond acceptors (Lipinski definition) is 3. The molecule has 0 spiro atoms. The quantitative estimate of drug-likeness (QED) is 0.645. The van der Waals surface area contributed by atoms with E-state index in [0.717, 1.165) is 0 Å². The third-order valence-corrected chi connectivity index (χ3v) is 2.00. The van der Waals surface area contributed by atoms with Crippen molar-refractivity contribution in [3.05, 3.63) is 30.3 Å². The van der Waals surface area contributed by atoms with E-state index in [1.807, 2.05) is 0 Å². The van der Waals surface area contributed by atoms with E-state index < -0.39 is 10.0 Å². The second kappa shape index (κ2) is 4.87. The van der Waals surface area contributed by atoms with Gasteiger partial charge in [-0.15, -0.1) is 0 Å². The molecule has 0 aliphatic rings. The van der Waals surface area contributed by atoms with Gasteiger partial charge in [-0.05, 0) is 19.2 Å². The molecular weight excluding hydrogens is 176 g/mol. The maximum Gasteiger partial charge on any atom is 0.238 e. The number of rotatable bonds is 1. The molecule has 0 aliphatic carbocycles. The smallest absolute Gasteiger partial charge is 0.238 e. The van der Waals surface area contributed by atoms with Crippen LogP contribution in [0, 0.1) is 0 Å². The molecule has 5 heteroatoms. The van der Waals surface area contributed by atoms with Crippen molar-refractivity contribution in [2.75, 3.05) is 7.05 Å². The summed E-state index contributed by atoms with van der Waals surface area (Å²) in [6.07, 6.45) is 0. The first kappa shape index (κ1) is 11.1. The third-order valence-electron chi connectivity index (χ3n) is 1.07. The Morgan fingerprint density at radius 1 is 1.08 bits per heavy atom. The average Bonchev–Trinajstić information content (AvgIpc) is 2.08. The van der Waals surface area contributed by atoms with E-state index in [1.54, 1.807) is 18.2 Å². The maximum atomic E-state index is 10.6. The van der Waals surface area contributed by atoms with Crippen LogP contribution in [0.15, 0.2) is 35.2 Å². The number of hydrogen-bond donors (Lipinski definition) is 2. The highest BCUT2D eigenvalue weighted by molar-refractivity contribution is 7.89. The Hall–Kier alpha value is -0.910. The fraction of sp³-hybridized carbons (Fsp3) is 0.143. The Bertz CT molecular complexity index is 307. The molecule has 0 aliphatic heterocycles. The molecule has 0 atom stereocenters. The summed E-state index contributed by atoms with van der Waals surface area (Å²) in [5.74, 6) is 0. The van der Waals surface area contributed by atoms with E-state index in [0.29, 0.717) is 0 Å². The van der Waals surface area contributed by atoms with Crippen LogP contribution < -0.4 is 10.9 Å². The molecule has 0 radical (unpaired) electrons. The first-order chi connectivity index (χ1) is 5.61. The lowest BCUT2D eigenvalue weighted by molar-refractivity contribution is 0.598. The normalized spacial score (nSPS) is 9.92. The zero-order valence-corrected chi connectivity index (χ0v) is 7.58. The molecule has 0 aromatic heterocycles. The van der Waals surface area contributed by atoms with Crippen molar-refractivity contribution < 1.29 is 8.42 Å². The molecule has 1 aromatic carbocycles. The minimum absolute atomic E-state index is 0.148. The van der Waals surface area contributed by atoms with Gasteiger partial charge in [-0.25, -0.2) is 13.6 Å². The Morgan fingerprint density at radius 3 is 1.75 bits per heavy atom. The first-order valence-corrected chi connectivity index (χ1v) is 4.81. The molecule has 0 heterocycles. The summed E-state index contributed by atoms with van der Waals surface area (Å²) < 4.78 is 21.2. The lowest BCUT2D eigenvalue weighted by atomic mass is 10.4. The number of primary sulfonamides is 1. The van der Waals surface area contributed by atoms with Gasteiger partial charge in [-0.3, -0.25) is 0 Å². The van der Waals surface area contributed by atoms with E-state index >= 15 is 0 Å². The van der Waals surface area contributed by atoms with Gasteiger partial charge in [0.15, 0.2) is 0 Å². The van der Waals surface area contributed by atoms with Gasteiger partial charge in [-0.1, -0.05) is 18.2 Å². The van der Waals surface area contributed by atoms with Crippen molar-refractivity contribution in [3.63, 3.8) is 0 Å². The number of benzene rings is 1. The van der Waals surface area contributed by atoms with Gasteiger partial charge in [-0.2, -0.15) is 0 Å². The van der Waals surface area contributed by atoms with E-state index in [1.165, 1.54) is 19.2 Å². The largest absolute Gasteiger partial charge is 0.333 e. The van der Waals surface area contributed by atoms with Crippen molar-refractivity contribution in [1.82, 2.24) is 0 Å². The predicted molar refractivity (Wildman–Crippen MR) is 47.9 cm³/mol. The van der Waals surface area contributed by atoms with Crippen molar-refractivity contribution in [2.24, 2.45) is 10.9 Å². The topological polar surface area (TPSA) is 86.2 Å². The molecule has 0 fully saturated rings. The molecular formula is C7H12N2O2S. The van der Waals surface area contributed by atoms with E-state index in [-0.39, 0.29) is 4.90 Å². The van der Waals surface area contributed by atoms with Crippen LogP contribution in [0.25, 0.3) is 0 Å². The summed E-state index contributed by atoms with van der Waals surface area (Å²) in [7, 11) is -2.00. The van der Waals surface area contributed by atoms with E-state index in [4.69, 9.17) is 5.14 Å². The Kier molecular flexibility index (Phi) is 4.50.